The number of nitrogens with one attached hydrogen (secondary N) is 1. The highest BCUT2D eigenvalue weighted by Crippen LogP contribution is 2.19. The van der Waals surface area contributed by atoms with Crippen LogP contribution in [-0.4, -0.2) is 19.2 Å². The number of ether oxygens (including phenoxy) is 1. The summed E-state index contributed by atoms with van der Waals surface area (Å²) in [4.78, 5) is 0. The molecule has 0 saturated heterocycles. The van der Waals surface area contributed by atoms with Gasteiger partial charge in [0.15, 0.2) is 0 Å². The Kier molecular flexibility index (Phi) is 6.38. The van der Waals surface area contributed by atoms with Gasteiger partial charge in [0.2, 0.25) is 0 Å². The van der Waals surface area contributed by atoms with Gasteiger partial charge in [-0.1, -0.05) is 31.9 Å². The van der Waals surface area contributed by atoms with Crippen molar-refractivity contribution in [3.8, 4) is 5.75 Å². The summed E-state index contributed by atoms with van der Waals surface area (Å²) in [5, 5.41) is 4.07. The van der Waals surface area contributed by atoms with E-state index in [1.807, 2.05) is 31.3 Å². The van der Waals surface area contributed by atoms with Gasteiger partial charge in [-0.05, 0) is 44.2 Å². The summed E-state index contributed by atoms with van der Waals surface area (Å²) in [5.74, 6) is 0.887. The molecule has 2 unspecified atom stereocenters. The third-order valence-corrected chi connectivity index (χ3v) is 3.17. The quantitative estimate of drug-likeness (QED) is 0.798. The van der Waals surface area contributed by atoms with Crippen LogP contribution in [0.1, 0.15) is 33.1 Å². The lowest BCUT2D eigenvalue weighted by Gasteiger charge is -2.26. The zero-order valence-corrected chi connectivity index (χ0v) is 11.6. The minimum Gasteiger partial charge on any atom is -0.489 e. The second-order valence-electron chi connectivity index (χ2n) is 4.20. The van der Waals surface area contributed by atoms with E-state index in [0.29, 0.717) is 6.04 Å². The predicted octanol–water partition coefficient (Wildman–Crippen LogP) is 3.89. The van der Waals surface area contributed by atoms with Crippen molar-refractivity contribution in [2.24, 2.45) is 0 Å². The van der Waals surface area contributed by atoms with Crippen molar-refractivity contribution in [1.29, 1.82) is 0 Å². The number of hydrogen-bond acceptors (Lipinski definition) is 2. The molecule has 1 aromatic carbocycles. The van der Waals surface area contributed by atoms with E-state index >= 15 is 0 Å². The highest BCUT2D eigenvalue weighted by atomic mass is 35.5. The van der Waals surface area contributed by atoms with E-state index in [4.69, 9.17) is 16.3 Å². The number of rotatable bonds is 7. The first kappa shape index (κ1) is 14.3. The fourth-order valence-corrected chi connectivity index (χ4v) is 2.09. The van der Waals surface area contributed by atoms with Gasteiger partial charge in [0.25, 0.3) is 0 Å². The molecule has 0 fully saturated rings. The van der Waals surface area contributed by atoms with Crippen molar-refractivity contribution in [2.45, 2.75) is 45.3 Å². The van der Waals surface area contributed by atoms with E-state index < -0.39 is 0 Å². The first-order chi connectivity index (χ1) is 8.21. The van der Waals surface area contributed by atoms with Crippen LogP contribution in [0.5, 0.6) is 5.75 Å². The topological polar surface area (TPSA) is 21.3 Å². The Hall–Kier alpha value is -0.730. The maximum Gasteiger partial charge on any atom is 0.119 e. The summed E-state index contributed by atoms with van der Waals surface area (Å²) in [5.41, 5.74) is 0. The highest BCUT2D eigenvalue weighted by molar-refractivity contribution is 6.30. The Morgan fingerprint density at radius 2 is 1.88 bits per heavy atom. The molecular formula is C14H22ClNO. The predicted molar refractivity (Wildman–Crippen MR) is 73.9 cm³/mol. The fraction of sp³-hybridized carbons (Fsp3) is 0.571. The smallest absolute Gasteiger partial charge is 0.119 e. The van der Waals surface area contributed by atoms with E-state index in [2.05, 4.69) is 19.2 Å². The number of hydrogen-bond donors (Lipinski definition) is 1. The van der Waals surface area contributed by atoms with E-state index in [1.54, 1.807) is 0 Å². The molecule has 0 bridgehead atoms. The Bertz CT molecular complexity index is 313. The Morgan fingerprint density at radius 1 is 1.24 bits per heavy atom. The minimum absolute atomic E-state index is 0.209. The van der Waals surface area contributed by atoms with Crippen LogP contribution in [0.2, 0.25) is 5.02 Å². The second kappa shape index (κ2) is 7.57. The van der Waals surface area contributed by atoms with Crippen molar-refractivity contribution in [1.82, 2.24) is 5.32 Å². The molecule has 0 amide bonds. The molecule has 0 saturated carbocycles. The van der Waals surface area contributed by atoms with Crippen molar-refractivity contribution in [2.75, 3.05) is 7.05 Å². The normalized spacial score (nSPS) is 14.4. The van der Waals surface area contributed by atoms with Gasteiger partial charge in [-0.15, -0.1) is 0 Å². The molecule has 96 valence electrons. The molecule has 1 N–H and O–H groups in total. The van der Waals surface area contributed by atoms with Crippen LogP contribution in [0.15, 0.2) is 24.3 Å². The van der Waals surface area contributed by atoms with Crippen molar-refractivity contribution < 1.29 is 4.74 Å². The van der Waals surface area contributed by atoms with Crippen LogP contribution in [0.4, 0.5) is 0 Å². The third kappa shape index (κ3) is 4.57. The summed E-state index contributed by atoms with van der Waals surface area (Å²) in [6.45, 7) is 4.35. The molecule has 0 aliphatic carbocycles. The monoisotopic (exact) mass is 255 g/mol. The van der Waals surface area contributed by atoms with Gasteiger partial charge in [0.1, 0.15) is 11.9 Å². The van der Waals surface area contributed by atoms with Crippen LogP contribution in [0.3, 0.4) is 0 Å². The first-order valence-corrected chi connectivity index (χ1v) is 6.68. The Labute approximate surface area is 109 Å². The van der Waals surface area contributed by atoms with Gasteiger partial charge in [0, 0.05) is 11.1 Å². The van der Waals surface area contributed by atoms with Crippen LogP contribution in [0.25, 0.3) is 0 Å². The lowest BCUT2D eigenvalue weighted by atomic mass is 10.0. The van der Waals surface area contributed by atoms with Crippen molar-refractivity contribution >= 4 is 11.6 Å². The third-order valence-electron chi connectivity index (χ3n) is 2.92. The van der Waals surface area contributed by atoms with E-state index in [9.17, 15) is 0 Å². The zero-order chi connectivity index (χ0) is 12.7. The maximum atomic E-state index is 6.00. The van der Waals surface area contributed by atoms with Gasteiger partial charge in [0.05, 0.1) is 0 Å². The standard InChI is InChI=1S/C14H22ClNO/c1-4-6-13(16-3)14(5-2)17-12-9-7-11(15)8-10-12/h7-10,13-14,16H,4-6H2,1-3H3. The number of benzene rings is 1. The second-order valence-corrected chi connectivity index (χ2v) is 4.64. The summed E-state index contributed by atoms with van der Waals surface area (Å²) in [6, 6.07) is 7.96. The average Bonchev–Trinajstić information content (AvgIpc) is 2.36. The molecule has 0 aliphatic heterocycles. The first-order valence-electron chi connectivity index (χ1n) is 6.30. The zero-order valence-electron chi connectivity index (χ0n) is 10.9. The summed E-state index contributed by atoms with van der Waals surface area (Å²) in [6.07, 6.45) is 3.49. The summed E-state index contributed by atoms with van der Waals surface area (Å²) < 4.78 is 6.00. The molecule has 2 nitrogen and oxygen atoms in total. The maximum absolute atomic E-state index is 6.00. The lowest BCUT2D eigenvalue weighted by Crippen LogP contribution is -2.40. The summed E-state index contributed by atoms with van der Waals surface area (Å²) in [7, 11) is 1.99. The van der Waals surface area contributed by atoms with E-state index in [-0.39, 0.29) is 6.10 Å². The molecule has 0 heterocycles. The molecule has 0 spiro atoms. The molecule has 2 atom stereocenters. The molecule has 0 radical (unpaired) electrons. The molecule has 1 aromatic rings. The molecule has 1 rings (SSSR count). The highest BCUT2D eigenvalue weighted by Gasteiger charge is 2.19. The molecule has 17 heavy (non-hydrogen) atoms. The van der Waals surface area contributed by atoms with Gasteiger partial charge in [-0.25, -0.2) is 0 Å². The van der Waals surface area contributed by atoms with Crippen LogP contribution in [-0.2, 0) is 0 Å². The minimum atomic E-state index is 0.209. The number of halogens is 1. The van der Waals surface area contributed by atoms with Gasteiger partial charge in [-0.2, -0.15) is 0 Å². The van der Waals surface area contributed by atoms with Crippen LogP contribution < -0.4 is 10.1 Å². The Morgan fingerprint density at radius 3 is 2.35 bits per heavy atom. The van der Waals surface area contributed by atoms with E-state index in [0.717, 1.165) is 30.0 Å². The Balaban J connectivity index is 2.64. The van der Waals surface area contributed by atoms with Crippen LogP contribution >= 0.6 is 11.6 Å². The lowest BCUT2D eigenvalue weighted by molar-refractivity contribution is 0.147. The van der Waals surface area contributed by atoms with Crippen molar-refractivity contribution in [3.63, 3.8) is 0 Å². The van der Waals surface area contributed by atoms with Crippen molar-refractivity contribution in [3.05, 3.63) is 29.3 Å². The molecular weight excluding hydrogens is 234 g/mol. The average molecular weight is 256 g/mol. The summed E-state index contributed by atoms with van der Waals surface area (Å²) >= 11 is 5.85. The molecule has 0 aliphatic rings. The van der Waals surface area contributed by atoms with Gasteiger partial charge < -0.3 is 10.1 Å². The van der Waals surface area contributed by atoms with E-state index in [1.165, 1.54) is 0 Å². The fourth-order valence-electron chi connectivity index (χ4n) is 1.97. The SMILES string of the molecule is CCCC(NC)C(CC)Oc1ccc(Cl)cc1. The van der Waals surface area contributed by atoms with Gasteiger partial charge >= 0.3 is 0 Å². The number of likely N-dealkylation sites (N-methyl/N-ethyl adjacent to an activating group) is 1. The van der Waals surface area contributed by atoms with Gasteiger partial charge in [-0.3, -0.25) is 0 Å². The van der Waals surface area contributed by atoms with Crippen LogP contribution in [0, 0.1) is 0 Å². The largest absolute Gasteiger partial charge is 0.489 e. The molecule has 3 heteroatoms. The molecule has 0 aromatic heterocycles.